The molecule has 0 spiro atoms. The first-order chi connectivity index (χ1) is 7.88. The van der Waals surface area contributed by atoms with Gasteiger partial charge in [-0.15, -0.1) is 0 Å². The van der Waals surface area contributed by atoms with Crippen LogP contribution >= 0.6 is 0 Å². The van der Waals surface area contributed by atoms with Gasteiger partial charge in [0, 0.05) is 24.8 Å². The molecular weight excluding hydrogens is 196 g/mol. The summed E-state index contributed by atoms with van der Waals surface area (Å²) >= 11 is 0. The van der Waals surface area contributed by atoms with E-state index in [1.54, 1.807) is 0 Å². The number of para-hydroxylation sites is 1. The minimum atomic E-state index is 0.822. The lowest BCUT2D eigenvalue weighted by Gasteiger charge is -2.31. The number of anilines is 1. The zero-order chi connectivity index (χ0) is 11.0. The second-order valence-corrected chi connectivity index (χ2v) is 5.14. The first kappa shape index (κ1) is 10.2. The molecule has 2 atom stereocenters. The summed E-state index contributed by atoms with van der Waals surface area (Å²) in [7, 11) is 2.02. The normalized spacial score (nSPS) is 27.7. The molecule has 2 heteroatoms. The highest BCUT2D eigenvalue weighted by Gasteiger charge is 2.38. The molecule has 1 aliphatic carbocycles. The van der Waals surface area contributed by atoms with E-state index in [1.807, 2.05) is 7.05 Å². The molecule has 1 aromatic carbocycles. The summed E-state index contributed by atoms with van der Waals surface area (Å²) in [5, 5.41) is 3.27. The van der Waals surface area contributed by atoms with Crippen molar-refractivity contribution in [1.82, 2.24) is 5.32 Å². The van der Waals surface area contributed by atoms with Crippen LogP contribution in [-0.2, 0) is 6.54 Å². The van der Waals surface area contributed by atoms with Crippen LogP contribution in [0.5, 0.6) is 0 Å². The highest BCUT2D eigenvalue weighted by atomic mass is 15.2. The van der Waals surface area contributed by atoms with Crippen LogP contribution in [0.1, 0.15) is 24.8 Å². The monoisotopic (exact) mass is 216 g/mol. The summed E-state index contributed by atoms with van der Waals surface area (Å²) < 4.78 is 0. The number of rotatable bonds is 3. The number of hydrogen-bond acceptors (Lipinski definition) is 2. The van der Waals surface area contributed by atoms with Crippen LogP contribution in [0.25, 0.3) is 0 Å². The van der Waals surface area contributed by atoms with Gasteiger partial charge in [-0.1, -0.05) is 18.2 Å². The number of nitrogens with zero attached hydrogens (tertiary/aromatic N) is 1. The van der Waals surface area contributed by atoms with Crippen LogP contribution < -0.4 is 10.2 Å². The van der Waals surface area contributed by atoms with E-state index in [1.165, 1.54) is 37.1 Å². The average molecular weight is 216 g/mol. The van der Waals surface area contributed by atoms with Crippen molar-refractivity contribution in [2.24, 2.45) is 5.92 Å². The Balaban J connectivity index is 1.88. The smallest absolute Gasteiger partial charge is 0.0414 e. The van der Waals surface area contributed by atoms with Crippen molar-refractivity contribution in [3.05, 3.63) is 29.8 Å². The average Bonchev–Trinajstić information content (AvgIpc) is 2.92. The molecule has 1 aromatic rings. The predicted octanol–water partition coefficient (Wildman–Crippen LogP) is 2.39. The molecule has 86 valence electrons. The van der Waals surface area contributed by atoms with Crippen molar-refractivity contribution in [2.75, 3.05) is 18.5 Å². The molecule has 1 aliphatic heterocycles. The van der Waals surface area contributed by atoms with Crippen LogP contribution in [0.15, 0.2) is 24.3 Å². The van der Waals surface area contributed by atoms with Gasteiger partial charge >= 0.3 is 0 Å². The molecule has 1 saturated heterocycles. The molecule has 1 N–H and O–H groups in total. The van der Waals surface area contributed by atoms with E-state index in [0.717, 1.165) is 18.5 Å². The topological polar surface area (TPSA) is 15.3 Å². The summed E-state index contributed by atoms with van der Waals surface area (Å²) in [5.74, 6) is 0.965. The van der Waals surface area contributed by atoms with Crippen molar-refractivity contribution in [3.8, 4) is 0 Å². The van der Waals surface area contributed by atoms with Crippen molar-refractivity contribution in [2.45, 2.75) is 31.8 Å². The van der Waals surface area contributed by atoms with Crippen LogP contribution in [0.4, 0.5) is 5.69 Å². The zero-order valence-corrected chi connectivity index (χ0v) is 9.95. The lowest BCUT2D eigenvalue weighted by atomic mass is 10.1. The molecule has 3 rings (SSSR count). The standard InChI is InChI=1S/C14H20N2/c1-15-9-12-4-2-3-5-14(12)16-10-11-6-7-13(16)8-11/h2-5,11,13,15H,6-10H2,1H3. The van der Waals surface area contributed by atoms with Gasteiger partial charge in [-0.2, -0.15) is 0 Å². The Bertz CT molecular complexity index is 375. The Kier molecular flexibility index (Phi) is 2.60. The molecule has 2 aliphatic rings. The molecule has 0 aromatic heterocycles. The third-order valence-corrected chi connectivity index (χ3v) is 4.08. The number of piperidine rings is 1. The lowest BCUT2D eigenvalue weighted by molar-refractivity contribution is 0.552. The van der Waals surface area contributed by atoms with E-state index >= 15 is 0 Å². The van der Waals surface area contributed by atoms with E-state index in [4.69, 9.17) is 0 Å². The van der Waals surface area contributed by atoms with Crippen LogP contribution in [-0.4, -0.2) is 19.6 Å². The lowest BCUT2D eigenvalue weighted by Crippen LogP contribution is -2.32. The maximum atomic E-state index is 3.27. The number of benzene rings is 1. The molecule has 16 heavy (non-hydrogen) atoms. The van der Waals surface area contributed by atoms with E-state index in [-0.39, 0.29) is 0 Å². The predicted molar refractivity (Wildman–Crippen MR) is 67.7 cm³/mol. The van der Waals surface area contributed by atoms with Crippen LogP contribution in [0, 0.1) is 5.92 Å². The summed E-state index contributed by atoms with van der Waals surface area (Å²) in [4.78, 5) is 2.64. The highest BCUT2D eigenvalue weighted by molar-refractivity contribution is 5.55. The minimum absolute atomic E-state index is 0.822. The molecule has 2 nitrogen and oxygen atoms in total. The second kappa shape index (κ2) is 4.10. The maximum Gasteiger partial charge on any atom is 0.0414 e. The molecule has 1 saturated carbocycles. The molecule has 0 amide bonds. The van der Waals surface area contributed by atoms with Crippen molar-refractivity contribution in [3.63, 3.8) is 0 Å². The fourth-order valence-electron chi connectivity index (χ4n) is 3.35. The van der Waals surface area contributed by atoms with Crippen molar-refractivity contribution >= 4 is 5.69 Å². The minimum Gasteiger partial charge on any atom is -0.368 e. The maximum absolute atomic E-state index is 3.27. The van der Waals surface area contributed by atoms with Crippen LogP contribution in [0.2, 0.25) is 0 Å². The third-order valence-electron chi connectivity index (χ3n) is 4.08. The summed E-state index contributed by atoms with van der Waals surface area (Å²) in [6, 6.07) is 9.67. The Hall–Kier alpha value is -1.02. The van der Waals surface area contributed by atoms with Gasteiger partial charge in [0.15, 0.2) is 0 Å². The molecule has 2 unspecified atom stereocenters. The Labute approximate surface area is 97.6 Å². The van der Waals surface area contributed by atoms with Gasteiger partial charge in [-0.3, -0.25) is 0 Å². The summed E-state index contributed by atoms with van der Waals surface area (Å²) in [5.41, 5.74) is 2.90. The summed E-state index contributed by atoms with van der Waals surface area (Å²) in [6.07, 6.45) is 4.28. The van der Waals surface area contributed by atoms with Gasteiger partial charge < -0.3 is 10.2 Å². The zero-order valence-electron chi connectivity index (χ0n) is 9.95. The fourth-order valence-corrected chi connectivity index (χ4v) is 3.35. The van der Waals surface area contributed by atoms with E-state index in [9.17, 15) is 0 Å². The van der Waals surface area contributed by atoms with Crippen LogP contribution in [0.3, 0.4) is 0 Å². The quantitative estimate of drug-likeness (QED) is 0.834. The number of fused-ring (bicyclic) bond motifs is 2. The first-order valence-electron chi connectivity index (χ1n) is 6.37. The molecule has 1 heterocycles. The Morgan fingerprint density at radius 3 is 2.88 bits per heavy atom. The molecule has 2 fully saturated rings. The first-order valence-corrected chi connectivity index (χ1v) is 6.37. The van der Waals surface area contributed by atoms with Crippen molar-refractivity contribution < 1.29 is 0 Å². The Morgan fingerprint density at radius 1 is 1.31 bits per heavy atom. The molecule has 2 bridgehead atoms. The molecular formula is C14H20N2. The van der Waals surface area contributed by atoms with E-state index < -0.39 is 0 Å². The second-order valence-electron chi connectivity index (χ2n) is 5.14. The summed E-state index contributed by atoms with van der Waals surface area (Å²) in [6.45, 7) is 2.26. The van der Waals surface area contributed by atoms with E-state index in [2.05, 4.69) is 34.5 Å². The van der Waals surface area contributed by atoms with Gasteiger partial charge in [-0.05, 0) is 43.9 Å². The number of nitrogens with one attached hydrogen (secondary N) is 1. The third kappa shape index (κ3) is 1.61. The van der Waals surface area contributed by atoms with Gasteiger partial charge in [0.25, 0.3) is 0 Å². The number of hydrogen-bond donors (Lipinski definition) is 1. The Morgan fingerprint density at radius 2 is 2.19 bits per heavy atom. The van der Waals surface area contributed by atoms with Gasteiger partial charge in [0.05, 0.1) is 0 Å². The largest absolute Gasteiger partial charge is 0.368 e. The van der Waals surface area contributed by atoms with Gasteiger partial charge in [0.2, 0.25) is 0 Å². The fraction of sp³-hybridized carbons (Fsp3) is 0.571. The van der Waals surface area contributed by atoms with Gasteiger partial charge in [0.1, 0.15) is 0 Å². The van der Waals surface area contributed by atoms with E-state index in [0.29, 0.717) is 0 Å². The molecule has 0 radical (unpaired) electrons. The van der Waals surface area contributed by atoms with Crippen molar-refractivity contribution in [1.29, 1.82) is 0 Å². The SMILES string of the molecule is CNCc1ccccc1N1CC2CCC1C2. The van der Waals surface area contributed by atoms with Gasteiger partial charge in [-0.25, -0.2) is 0 Å². The highest BCUT2D eigenvalue weighted by Crippen LogP contribution is 2.41.